The lowest BCUT2D eigenvalue weighted by atomic mass is 9.91. The summed E-state index contributed by atoms with van der Waals surface area (Å²) >= 11 is 0. The smallest absolute Gasteiger partial charge is 0.264 e. The van der Waals surface area contributed by atoms with Crippen molar-refractivity contribution in [3.8, 4) is 0 Å². The van der Waals surface area contributed by atoms with Crippen molar-refractivity contribution >= 4 is 16.9 Å². The Bertz CT molecular complexity index is 1160. The summed E-state index contributed by atoms with van der Waals surface area (Å²) < 4.78 is 3.01. The van der Waals surface area contributed by atoms with Crippen LogP contribution in [-0.2, 0) is 24.8 Å². The van der Waals surface area contributed by atoms with Crippen molar-refractivity contribution in [2.75, 3.05) is 13.1 Å². The molecule has 1 N–H and O–H groups in total. The maximum atomic E-state index is 12.9. The first kappa shape index (κ1) is 19.9. The fourth-order valence-electron chi connectivity index (χ4n) is 4.72. The number of rotatable bonds is 5. The van der Waals surface area contributed by atoms with Gasteiger partial charge >= 0.3 is 0 Å². The third-order valence-corrected chi connectivity index (χ3v) is 6.77. The molecule has 0 spiro atoms. The van der Waals surface area contributed by atoms with E-state index in [1.165, 1.54) is 22.7 Å². The average Bonchev–Trinajstić information content (AvgIpc) is 3.43. The maximum Gasteiger partial charge on any atom is 0.264 e. The van der Waals surface area contributed by atoms with Crippen LogP contribution in [0.2, 0.25) is 0 Å². The number of likely N-dealkylation sites (tertiary alicyclic amines) is 1. The number of amides is 1. The van der Waals surface area contributed by atoms with Crippen LogP contribution >= 0.6 is 0 Å². The summed E-state index contributed by atoms with van der Waals surface area (Å²) in [6, 6.07) is 10.3. The third-order valence-electron chi connectivity index (χ3n) is 6.77. The fourth-order valence-corrected chi connectivity index (χ4v) is 4.72. The molecule has 3 aromatic rings. The van der Waals surface area contributed by atoms with Crippen molar-refractivity contribution in [1.29, 1.82) is 0 Å². The van der Waals surface area contributed by atoms with Gasteiger partial charge < -0.3 is 10.0 Å². The van der Waals surface area contributed by atoms with Crippen molar-refractivity contribution in [1.82, 2.24) is 24.2 Å². The summed E-state index contributed by atoms with van der Waals surface area (Å²) in [7, 11) is 1.74. The zero-order valence-electron chi connectivity index (χ0n) is 17.6. The fraction of sp³-hybridized carbons (Fsp3) is 0.478. The van der Waals surface area contributed by atoms with Crippen molar-refractivity contribution < 1.29 is 9.90 Å². The van der Waals surface area contributed by atoms with E-state index in [4.69, 9.17) is 0 Å². The lowest BCUT2D eigenvalue weighted by Gasteiger charge is -2.38. The highest BCUT2D eigenvalue weighted by Crippen LogP contribution is 2.43. The molecule has 8 nitrogen and oxygen atoms in total. The van der Waals surface area contributed by atoms with Gasteiger partial charge in [-0.05, 0) is 37.2 Å². The van der Waals surface area contributed by atoms with Crippen LogP contribution < -0.4 is 5.56 Å². The van der Waals surface area contributed by atoms with Crippen LogP contribution in [0.1, 0.15) is 24.8 Å². The second-order valence-electron chi connectivity index (χ2n) is 9.02. The highest BCUT2D eigenvalue weighted by Gasteiger charge is 2.46. The van der Waals surface area contributed by atoms with Crippen LogP contribution in [0.25, 0.3) is 11.0 Å². The molecule has 5 rings (SSSR count). The number of nitrogens with zero attached hydrogens (tertiary/aromatic N) is 5. The molecule has 1 aliphatic carbocycles. The number of fused-ring (bicyclic) bond motifs is 1. The molecule has 2 unspecified atom stereocenters. The number of carbonyl (C=O) groups is 1. The molecule has 2 atom stereocenters. The molecular weight excluding hydrogens is 394 g/mol. The molecule has 0 radical (unpaired) electrons. The van der Waals surface area contributed by atoms with Crippen molar-refractivity contribution in [3.63, 3.8) is 0 Å². The van der Waals surface area contributed by atoms with Crippen molar-refractivity contribution in [3.05, 3.63) is 58.8 Å². The monoisotopic (exact) mass is 421 g/mol. The number of hydrogen-bond acceptors (Lipinski definition) is 5. The van der Waals surface area contributed by atoms with E-state index in [9.17, 15) is 14.7 Å². The molecule has 1 saturated heterocycles. The van der Waals surface area contributed by atoms with Gasteiger partial charge in [-0.15, -0.1) is 0 Å². The normalized spacial score (nSPS) is 22.6. The number of hydrogen-bond donors (Lipinski definition) is 1. The third kappa shape index (κ3) is 3.87. The minimum Gasteiger partial charge on any atom is -0.388 e. The summed E-state index contributed by atoms with van der Waals surface area (Å²) in [6.45, 7) is 1.20. The second kappa shape index (κ2) is 7.60. The number of aliphatic hydroxyl groups is 1. The number of benzene rings is 1. The van der Waals surface area contributed by atoms with Gasteiger partial charge in [0, 0.05) is 26.1 Å². The summed E-state index contributed by atoms with van der Waals surface area (Å²) in [5.41, 5.74) is 0.584. The Kier molecular flexibility index (Phi) is 4.89. The number of aryl methyl sites for hydroxylation is 1. The first-order valence-corrected chi connectivity index (χ1v) is 10.9. The lowest BCUT2D eigenvalue weighted by molar-refractivity contribution is -0.137. The van der Waals surface area contributed by atoms with Crippen LogP contribution in [0.4, 0.5) is 0 Å². The molecule has 3 heterocycles. The second-order valence-corrected chi connectivity index (χ2v) is 9.02. The summed E-state index contributed by atoms with van der Waals surface area (Å²) in [6.07, 6.45) is 5.77. The Morgan fingerprint density at radius 1 is 1.23 bits per heavy atom. The molecule has 1 amide bonds. The van der Waals surface area contributed by atoms with Gasteiger partial charge in [0.05, 0.1) is 18.3 Å². The van der Waals surface area contributed by atoms with E-state index in [1.54, 1.807) is 11.7 Å². The molecule has 31 heavy (non-hydrogen) atoms. The predicted octanol–water partition coefficient (Wildman–Crippen LogP) is 1.36. The summed E-state index contributed by atoms with van der Waals surface area (Å²) in [5.74, 6) is 0.733. The van der Waals surface area contributed by atoms with Gasteiger partial charge in [0.2, 0.25) is 5.91 Å². The van der Waals surface area contributed by atoms with E-state index < -0.39 is 5.60 Å². The van der Waals surface area contributed by atoms with Crippen molar-refractivity contribution in [2.45, 2.75) is 37.8 Å². The first-order chi connectivity index (χ1) is 14.9. The van der Waals surface area contributed by atoms with E-state index in [-0.39, 0.29) is 23.9 Å². The van der Waals surface area contributed by atoms with Crippen molar-refractivity contribution in [2.24, 2.45) is 18.9 Å². The Balaban J connectivity index is 1.19. The quantitative estimate of drug-likeness (QED) is 0.672. The highest BCUT2D eigenvalue weighted by molar-refractivity contribution is 5.82. The van der Waals surface area contributed by atoms with E-state index in [1.807, 2.05) is 23.1 Å². The zero-order chi connectivity index (χ0) is 21.6. The topological polar surface area (TPSA) is 93.2 Å². The van der Waals surface area contributed by atoms with E-state index in [0.29, 0.717) is 42.9 Å². The largest absolute Gasteiger partial charge is 0.388 e. The molecule has 2 aromatic heterocycles. The Hall–Kier alpha value is -3.00. The van der Waals surface area contributed by atoms with Crippen LogP contribution in [0.5, 0.6) is 0 Å². The van der Waals surface area contributed by atoms with Crippen LogP contribution in [0.3, 0.4) is 0 Å². The van der Waals surface area contributed by atoms with Gasteiger partial charge in [-0.2, -0.15) is 5.10 Å². The summed E-state index contributed by atoms with van der Waals surface area (Å²) in [4.78, 5) is 31.8. The minimum atomic E-state index is -1.02. The molecule has 8 heteroatoms. The summed E-state index contributed by atoms with van der Waals surface area (Å²) in [5, 5.41) is 15.6. The molecule has 1 aliphatic heterocycles. The molecule has 2 aliphatic rings. The van der Waals surface area contributed by atoms with E-state index in [0.717, 1.165) is 12.8 Å². The molecule has 1 saturated carbocycles. The Labute approximate surface area is 180 Å². The lowest BCUT2D eigenvalue weighted by Crippen LogP contribution is -2.50. The van der Waals surface area contributed by atoms with Gasteiger partial charge in [-0.3, -0.25) is 18.8 Å². The Morgan fingerprint density at radius 2 is 1.97 bits per heavy atom. The van der Waals surface area contributed by atoms with Gasteiger partial charge in [0.15, 0.2) is 5.65 Å². The van der Waals surface area contributed by atoms with E-state index >= 15 is 0 Å². The van der Waals surface area contributed by atoms with Crippen LogP contribution in [0, 0.1) is 11.8 Å². The standard InChI is InChI=1S/C23H27N5O3/c1-26-20-19(13-25-26)22(30)28(15-24-20)14-23(31)7-9-27(10-8-23)21(29)18-12-17(18)11-16-5-3-2-4-6-16/h2-6,13,15,17-18,31H,7-12,14H2,1H3. The van der Waals surface area contributed by atoms with E-state index in [2.05, 4.69) is 22.2 Å². The minimum absolute atomic E-state index is 0.103. The Morgan fingerprint density at radius 3 is 2.71 bits per heavy atom. The zero-order valence-corrected chi connectivity index (χ0v) is 17.6. The van der Waals surface area contributed by atoms with Gasteiger partial charge in [0.1, 0.15) is 11.7 Å². The van der Waals surface area contributed by atoms with Gasteiger partial charge in [-0.25, -0.2) is 4.98 Å². The molecule has 2 fully saturated rings. The van der Waals surface area contributed by atoms with Gasteiger partial charge in [0.25, 0.3) is 5.56 Å². The number of carbonyl (C=O) groups excluding carboxylic acids is 1. The molecule has 0 bridgehead atoms. The highest BCUT2D eigenvalue weighted by atomic mass is 16.3. The van der Waals surface area contributed by atoms with Gasteiger partial charge in [-0.1, -0.05) is 30.3 Å². The predicted molar refractivity (Wildman–Crippen MR) is 115 cm³/mol. The van der Waals surface area contributed by atoms with Crippen LogP contribution in [0.15, 0.2) is 47.7 Å². The number of aromatic nitrogens is 4. The molecule has 1 aromatic carbocycles. The first-order valence-electron chi connectivity index (χ1n) is 10.9. The maximum absolute atomic E-state index is 12.9. The average molecular weight is 422 g/mol. The molecular formula is C23H27N5O3. The number of piperidine rings is 1. The SMILES string of the molecule is Cn1ncc2c(=O)n(CC3(O)CCN(C(=O)C4CC4Cc4ccccc4)CC3)cnc21. The molecule has 162 valence electrons. The van der Waals surface area contributed by atoms with Crippen LogP contribution in [-0.4, -0.2) is 53.9 Å².